The number of carbonyl (C=O) groups is 1. The van der Waals surface area contributed by atoms with Crippen molar-refractivity contribution >= 4 is 15.9 Å². The van der Waals surface area contributed by atoms with Gasteiger partial charge < -0.3 is 4.90 Å². The predicted octanol–water partition coefficient (Wildman–Crippen LogP) is 1.59. The lowest BCUT2D eigenvalue weighted by molar-refractivity contribution is -0.136. The van der Waals surface area contributed by atoms with Crippen LogP contribution >= 0.6 is 0 Å². The fraction of sp³-hybridized carbons (Fsp3) is 0.929. The van der Waals surface area contributed by atoms with Crippen LogP contribution in [0.25, 0.3) is 0 Å². The predicted molar refractivity (Wildman–Crippen MR) is 78.8 cm³/mol. The fourth-order valence-electron chi connectivity index (χ4n) is 3.37. The van der Waals surface area contributed by atoms with Crippen LogP contribution in [0.3, 0.4) is 0 Å². The molecule has 0 atom stereocenters. The first-order valence-electron chi connectivity index (χ1n) is 7.71. The minimum absolute atomic E-state index is 0.0248. The van der Waals surface area contributed by atoms with E-state index >= 15 is 0 Å². The third kappa shape index (κ3) is 3.52. The summed E-state index contributed by atoms with van der Waals surface area (Å²) in [6.45, 7) is 4.55. The number of amides is 1. The summed E-state index contributed by atoms with van der Waals surface area (Å²) in [6.07, 6.45) is 6.33. The van der Waals surface area contributed by atoms with Crippen molar-refractivity contribution in [1.29, 1.82) is 0 Å². The molecule has 0 aromatic heterocycles. The average Bonchev–Trinajstić information content (AvgIpc) is 2.70. The van der Waals surface area contributed by atoms with Crippen LogP contribution in [0.5, 0.6) is 0 Å². The van der Waals surface area contributed by atoms with E-state index in [-0.39, 0.29) is 24.2 Å². The van der Waals surface area contributed by atoms with Crippen molar-refractivity contribution in [2.45, 2.75) is 64.5 Å². The lowest BCUT2D eigenvalue weighted by Crippen LogP contribution is -2.49. The molecule has 5 nitrogen and oxygen atoms in total. The maximum Gasteiger partial charge on any atom is 0.238 e. The second-order valence-electron chi connectivity index (χ2n) is 6.19. The van der Waals surface area contributed by atoms with Crippen molar-refractivity contribution in [3.05, 3.63) is 0 Å². The van der Waals surface area contributed by atoms with Crippen LogP contribution in [0.4, 0.5) is 0 Å². The van der Waals surface area contributed by atoms with Crippen molar-refractivity contribution in [3.63, 3.8) is 0 Å². The molecule has 1 saturated heterocycles. The Morgan fingerprint density at radius 2 is 1.85 bits per heavy atom. The van der Waals surface area contributed by atoms with Crippen molar-refractivity contribution < 1.29 is 13.2 Å². The fourth-order valence-corrected chi connectivity index (χ4v) is 4.84. The van der Waals surface area contributed by atoms with E-state index in [0.29, 0.717) is 19.0 Å². The van der Waals surface area contributed by atoms with Crippen LogP contribution in [-0.2, 0) is 14.8 Å². The highest BCUT2D eigenvalue weighted by atomic mass is 32.2. The van der Waals surface area contributed by atoms with Crippen molar-refractivity contribution in [1.82, 2.24) is 9.21 Å². The minimum Gasteiger partial charge on any atom is -0.336 e. The molecule has 1 saturated carbocycles. The van der Waals surface area contributed by atoms with Gasteiger partial charge in [0, 0.05) is 18.6 Å². The topological polar surface area (TPSA) is 57.7 Å². The van der Waals surface area contributed by atoms with Gasteiger partial charge >= 0.3 is 0 Å². The Morgan fingerprint density at radius 1 is 1.20 bits per heavy atom. The van der Waals surface area contributed by atoms with E-state index in [1.54, 1.807) is 0 Å². The van der Waals surface area contributed by atoms with E-state index in [2.05, 4.69) is 0 Å². The van der Waals surface area contributed by atoms with Gasteiger partial charge in [-0.25, -0.2) is 8.42 Å². The monoisotopic (exact) mass is 302 g/mol. The number of nitrogens with zero attached hydrogens (tertiary/aromatic N) is 2. The van der Waals surface area contributed by atoms with Gasteiger partial charge in [0.15, 0.2) is 0 Å². The largest absolute Gasteiger partial charge is 0.336 e. The zero-order valence-corrected chi connectivity index (χ0v) is 13.4. The molecule has 1 aliphatic carbocycles. The standard InChI is InChI=1S/C14H26N2O3S/c1-12(2)16(13-7-4-3-5-8-13)14(17)11-15-9-6-10-20(15,18)19/h12-13H,3-11H2,1-2H3. The first-order valence-corrected chi connectivity index (χ1v) is 9.32. The van der Waals surface area contributed by atoms with Gasteiger partial charge in [0.25, 0.3) is 0 Å². The molecule has 116 valence electrons. The summed E-state index contributed by atoms with van der Waals surface area (Å²) in [5.74, 6) is 0.156. The van der Waals surface area contributed by atoms with Gasteiger partial charge in [-0.2, -0.15) is 4.31 Å². The quantitative estimate of drug-likeness (QED) is 0.792. The lowest BCUT2D eigenvalue weighted by atomic mass is 9.93. The number of carbonyl (C=O) groups excluding carboxylic acids is 1. The van der Waals surface area contributed by atoms with Gasteiger partial charge in [-0.3, -0.25) is 4.79 Å². The highest BCUT2D eigenvalue weighted by Gasteiger charge is 2.34. The van der Waals surface area contributed by atoms with Crippen LogP contribution in [0, 0.1) is 0 Å². The van der Waals surface area contributed by atoms with E-state index in [1.807, 2.05) is 18.7 Å². The Bertz CT molecular complexity index is 441. The summed E-state index contributed by atoms with van der Waals surface area (Å²) >= 11 is 0. The van der Waals surface area contributed by atoms with Crippen molar-refractivity contribution in [3.8, 4) is 0 Å². The molecule has 1 aliphatic heterocycles. The van der Waals surface area contributed by atoms with Gasteiger partial charge in [0.05, 0.1) is 12.3 Å². The Hall–Kier alpha value is -0.620. The number of sulfonamides is 1. The SMILES string of the molecule is CC(C)N(C(=O)CN1CCCS1(=O)=O)C1CCCCC1. The lowest BCUT2D eigenvalue weighted by Gasteiger charge is -2.38. The van der Waals surface area contributed by atoms with Crippen LogP contribution in [0.1, 0.15) is 52.4 Å². The van der Waals surface area contributed by atoms with Gasteiger partial charge in [-0.05, 0) is 33.1 Å². The van der Waals surface area contributed by atoms with E-state index < -0.39 is 10.0 Å². The average molecular weight is 302 g/mol. The van der Waals surface area contributed by atoms with Crippen LogP contribution in [-0.4, -0.2) is 54.5 Å². The molecular weight excluding hydrogens is 276 g/mol. The maximum atomic E-state index is 12.5. The Morgan fingerprint density at radius 3 is 2.35 bits per heavy atom. The molecule has 20 heavy (non-hydrogen) atoms. The number of hydrogen-bond acceptors (Lipinski definition) is 3. The second-order valence-corrected chi connectivity index (χ2v) is 8.28. The summed E-state index contributed by atoms with van der Waals surface area (Å²) < 4.78 is 25.0. The summed E-state index contributed by atoms with van der Waals surface area (Å²) in [5.41, 5.74) is 0. The Kier molecular flexibility index (Phi) is 5.07. The molecule has 0 bridgehead atoms. The van der Waals surface area contributed by atoms with Gasteiger partial charge in [0.1, 0.15) is 0 Å². The molecular formula is C14H26N2O3S. The molecule has 0 spiro atoms. The Balaban J connectivity index is 2.03. The Labute approximate surface area is 122 Å². The smallest absolute Gasteiger partial charge is 0.238 e. The van der Waals surface area contributed by atoms with Gasteiger partial charge in [-0.15, -0.1) is 0 Å². The maximum absolute atomic E-state index is 12.5. The molecule has 0 unspecified atom stereocenters. The van der Waals surface area contributed by atoms with Crippen LogP contribution < -0.4 is 0 Å². The van der Waals surface area contributed by atoms with Crippen molar-refractivity contribution in [2.24, 2.45) is 0 Å². The first kappa shape index (κ1) is 15.8. The summed E-state index contributed by atoms with van der Waals surface area (Å²) in [7, 11) is -3.19. The van der Waals surface area contributed by atoms with Gasteiger partial charge in [0.2, 0.25) is 15.9 Å². The molecule has 1 amide bonds. The van der Waals surface area contributed by atoms with Gasteiger partial charge in [-0.1, -0.05) is 19.3 Å². The molecule has 2 rings (SSSR count). The molecule has 1 heterocycles. The third-order valence-corrected chi connectivity index (χ3v) is 6.23. The summed E-state index contributed by atoms with van der Waals surface area (Å²) in [4.78, 5) is 14.5. The summed E-state index contributed by atoms with van der Waals surface area (Å²) in [5, 5.41) is 0. The molecule has 2 fully saturated rings. The van der Waals surface area contributed by atoms with E-state index in [1.165, 1.54) is 23.6 Å². The zero-order chi connectivity index (χ0) is 14.8. The molecule has 2 aliphatic rings. The number of rotatable bonds is 4. The zero-order valence-electron chi connectivity index (χ0n) is 12.5. The van der Waals surface area contributed by atoms with E-state index in [4.69, 9.17) is 0 Å². The highest BCUT2D eigenvalue weighted by molar-refractivity contribution is 7.89. The number of hydrogen-bond donors (Lipinski definition) is 0. The minimum atomic E-state index is -3.19. The van der Waals surface area contributed by atoms with E-state index in [0.717, 1.165) is 12.8 Å². The normalized spacial score (nSPS) is 24.1. The van der Waals surface area contributed by atoms with Crippen LogP contribution in [0.15, 0.2) is 0 Å². The molecule has 0 aromatic rings. The highest BCUT2D eigenvalue weighted by Crippen LogP contribution is 2.25. The summed E-state index contributed by atoms with van der Waals surface area (Å²) in [6, 6.07) is 0.428. The first-order chi connectivity index (χ1) is 9.42. The van der Waals surface area contributed by atoms with Crippen molar-refractivity contribution in [2.75, 3.05) is 18.8 Å². The van der Waals surface area contributed by atoms with Crippen LogP contribution in [0.2, 0.25) is 0 Å². The molecule has 0 radical (unpaired) electrons. The third-order valence-electron chi connectivity index (χ3n) is 4.33. The molecule has 0 N–H and O–H groups in total. The molecule has 0 aromatic carbocycles. The van der Waals surface area contributed by atoms with E-state index in [9.17, 15) is 13.2 Å². The second kappa shape index (κ2) is 6.43. The molecule has 6 heteroatoms.